The van der Waals surface area contributed by atoms with Gasteiger partial charge in [-0.1, -0.05) is 48.5 Å². The SMILES string of the molecule is CCNC(=O)NCc1ccc([C@@H]2O[C@H](CN3CCC[C@H]3CN3CCCC3)C[C@H](c3ccc(CO)cc3)O2)cc1. The summed E-state index contributed by atoms with van der Waals surface area (Å²) < 4.78 is 13.2. The number of nitrogens with one attached hydrogen (secondary N) is 2. The number of urea groups is 1. The van der Waals surface area contributed by atoms with Crippen LogP contribution in [0.3, 0.4) is 0 Å². The molecule has 3 N–H and O–H groups in total. The fourth-order valence-electron chi connectivity index (χ4n) is 6.10. The largest absolute Gasteiger partial charge is 0.392 e. The van der Waals surface area contributed by atoms with Crippen LogP contribution >= 0.6 is 0 Å². The van der Waals surface area contributed by atoms with Gasteiger partial charge in [0.05, 0.1) is 18.8 Å². The monoisotopic (exact) mass is 536 g/mol. The molecule has 0 bridgehead atoms. The van der Waals surface area contributed by atoms with Crippen LogP contribution in [0.2, 0.25) is 0 Å². The third-order valence-electron chi connectivity index (χ3n) is 8.26. The van der Waals surface area contributed by atoms with Crippen molar-refractivity contribution in [2.75, 3.05) is 39.3 Å². The minimum Gasteiger partial charge on any atom is -0.392 e. The van der Waals surface area contributed by atoms with E-state index in [4.69, 9.17) is 9.47 Å². The van der Waals surface area contributed by atoms with E-state index in [1.54, 1.807) is 0 Å². The van der Waals surface area contributed by atoms with Crippen LogP contribution in [0.1, 0.15) is 73.7 Å². The van der Waals surface area contributed by atoms with Gasteiger partial charge in [-0.2, -0.15) is 0 Å². The van der Waals surface area contributed by atoms with Crippen LogP contribution in [0.4, 0.5) is 4.79 Å². The Labute approximate surface area is 232 Å². The Bertz CT molecular complexity index is 1040. The zero-order chi connectivity index (χ0) is 27.0. The highest BCUT2D eigenvalue weighted by Crippen LogP contribution is 2.38. The van der Waals surface area contributed by atoms with Crippen LogP contribution in [-0.2, 0) is 22.6 Å². The fraction of sp³-hybridized carbons (Fsp3) is 0.581. The van der Waals surface area contributed by atoms with E-state index in [1.807, 2.05) is 43.3 Å². The number of benzene rings is 2. The second kappa shape index (κ2) is 13.7. The number of likely N-dealkylation sites (tertiary alicyclic amines) is 2. The molecule has 0 spiro atoms. The molecule has 0 radical (unpaired) electrons. The number of hydrogen-bond acceptors (Lipinski definition) is 6. The summed E-state index contributed by atoms with van der Waals surface area (Å²) in [7, 11) is 0. The van der Waals surface area contributed by atoms with Crippen molar-refractivity contribution in [2.24, 2.45) is 0 Å². The summed E-state index contributed by atoms with van der Waals surface area (Å²) in [6.45, 7) is 8.70. The van der Waals surface area contributed by atoms with E-state index in [0.29, 0.717) is 19.1 Å². The van der Waals surface area contributed by atoms with Gasteiger partial charge in [0.25, 0.3) is 0 Å². The summed E-state index contributed by atoms with van der Waals surface area (Å²) in [4.78, 5) is 17.0. The molecular formula is C31H44N4O4. The molecule has 4 atom stereocenters. The number of aliphatic hydroxyl groups is 1. The second-order valence-corrected chi connectivity index (χ2v) is 11.1. The minimum atomic E-state index is -0.462. The number of amides is 2. The molecule has 3 saturated heterocycles. The van der Waals surface area contributed by atoms with Crippen LogP contribution < -0.4 is 10.6 Å². The second-order valence-electron chi connectivity index (χ2n) is 11.1. The first-order valence-electron chi connectivity index (χ1n) is 14.7. The van der Waals surface area contributed by atoms with Gasteiger partial charge in [-0.25, -0.2) is 4.79 Å². The van der Waals surface area contributed by atoms with Gasteiger partial charge in [-0.3, -0.25) is 4.90 Å². The molecule has 39 heavy (non-hydrogen) atoms. The molecule has 8 heteroatoms. The van der Waals surface area contributed by atoms with Crippen molar-refractivity contribution in [2.45, 2.75) is 76.7 Å². The summed E-state index contributed by atoms with van der Waals surface area (Å²) in [5.74, 6) is 0. The number of carbonyl (C=O) groups is 1. The number of carbonyl (C=O) groups excluding carboxylic acids is 1. The molecule has 0 aromatic heterocycles. The van der Waals surface area contributed by atoms with Crippen LogP contribution in [0.15, 0.2) is 48.5 Å². The van der Waals surface area contributed by atoms with Gasteiger partial charge in [-0.05, 0) is 68.9 Å². The van der Waals surface area contributed by atoms with E-state index in [9.17, 15) is 9.90 Å². The topological polar surface area (TPSA) is 86.3 Å². The van der Waals surface area contributed by atoms with Crippen molar-refractivity contribution in [1.82, 2.24) is 20.4 Å². The van der Waals surface area contributed by atoms with Gasteiger partial charge in [0.15, 0.2) is 6.29 Å². The summed E-state index contributed by atoms with van der Waals surface area (Å²) in [6.07, 6.45) is 5.49. The van der Waals surface area contributed by atoms with Crippen LogP contribution in [0.5, 0.6) is 0 Å². The van der Waals surface area contributed by atoms with Gasteiger partial charge < -0.3 is 30.1 Å². The van der Waals surface area contributed by atoms with Gasteiger partial charge >= 0.3 is 6.03 Å². The maximum Gasteiger partial charge on any atom is 0.315 e. The Morgan fingerprint density at radius 1 is 0.897 bits per heavy atom. The normalized spacial score (nSPS) is 26.1. The van der Waals surface area contributed by atoms with Crippen LogP contribution in [-0.4, -0.2) is 72.4 Å². The number of hydrogen-bond donors (Lipinski definition) is 3. The fourth-order valence-corrected chi connectivity index (χ4v) is 6.10. The molecule has 2 aromatic carbocycles. The Hall–Kier alpha value is -2.49. The molecule has 2 aromatic rings. The highest BCUT2D eigenvalue weighted by molar-refractivity contribution is 5.73. The van der Waals surface area contributed by atoms with Crippen molar-refractivity contribution in [1.29, 1.82) is 0 Å². The predicted octanol–water partition coefficient (Wildman–Crippen LogP) is 4.10. The molecule has 212 valence electrons. The standard InChI is InChI=1S/C31H44N4O4/c1-2-32-31(37)33-19-23-7-13-26(14-8-23)30-38-28(18-29(39-30)25-11-9-24(22-36)10-12-25)21-35-17-5-6-27(35)20-34-15-3-4-16-34/h7-14,27-30,36H,2-6,15-22H2,1H3,(H2,32,33,37)/t27-,28-,29+,30+/m0/s1. The van der Waals surface area contributed by atoms with E-state index < -0.39 is 6.29 Å². The zero-order valence-electron chi connectivity index (χ0n) is 23.2. The number of rotatable bonds is 10. The Balaban J connectivity index is 1.28. The molecule has 5 rings (SSSR count). The zero-order valence-corrected chi connectivity index (χ0v) is 23.2. The van der Waals surface area contributed by atoms with E-state index in [1.165, 1.54) is 45.3 Å². The van der Waals surface area contributed by atoms with Gasteiger partial charge in [0, 0.05) is 44.2 Å². The average Bonchev–Trinajstić information content (AvgIpc) is 3.65. The summed E-state index contributed by atoms with van der Waals surface area (Å²) in [5, 5.41) is 15.1. The quantitative estimate of drug-likeness (QED) is 0.424. The third-order valence-corrected chi connectivity index (χ3v) is 8.26. The first-order valence-corrected chi connectivity index (χ1v) is 14.7. The smallest absolute Gasteiger partial charge is 0.315 e. The summed E-state index contributed by atoms with van der Waals surface area (Å²) in [6, 6.07) is 16.7. The first kappa shape index (κ1) is 28.1. The lowest BCUT2D eigenvalue weighted by Gasteiger charge is -2.39. The predicted molar refractivity (Wildman–Crippen MR) is 151 cm³/mol. The average molecular weight is 537 g/mol. The number of ether oxygens (including phenoxy) is 2. The van der Waals surface area contributed by atoms with Gasteiger partial charge in [0.1, 0.15) is 0 Å². The molecule has 3 aliphatic heterocycles. The molecule has 3 fully saturated rings. The molecule has 2 amide bonds. The van der Waals surface area contributed by atoms with E-state index >= 15 is 0 Å². The van der Waals surface area contributed by atoms with Gasteiger partial charge in [0.2, 0.25) is 0 Å². The summed E-state index contributed by atoms with van der Waals surface area (Å²) in [5.41, 5.74) is 4.02. The third kappa shape index (κ3) is 7.58. The van der Waals surface area contributed by atoms with Crippen molar-refractivity contribution in [3.63, 3.8) is 0 Å². The lowest BCUT2D eigenvalue weighted by molar-refractivity contribution is -0.253. The lowest BCUT2D eigenvalue weighted by atomic mass is 9.99. The lowest BCUT2D eigenvalue weighted by Crippen LogP contribution is -2.45. The maximum absolute atomic E-state index is 11.8. The molecule has 0 unspecified atom stereocenters. The Kier molecular flexibility index (Phi) is 9.87. The molecule has 3 aliphatic rings. The number of nitrogens with zero attached hydrogens (tertiary/aromatic N) is 2. The van der Waals surface area contributed by atoms with Crippen molar-refractivity contribution in [3.05, 3.63) is 70.8 Å². The molecule has 8 nitrogen and oxygen atoms in total. The van der Waals surface area contributed by atoms with E-state index in [0.717, 1.165) is 41.8 Å². The van der Waals surface area contributed by atoms with Crippen molar-refractivity contribution < 1.29 is 19.4 Å². The number of aliphatic hydroxyl groups excluding tert-OH is 1. The van der Waals surface area contributed by atoms with Gasteiger partial charge in [-0.15, -0.1) is 0 Å². The van der Waals surface area contributed by atoms with Crippen LogP contribution in [0.25, 0.3) is 0 Å². The Morgan fingerprint density at radius 3 is 2.33 bits per heavy atom. The molecule has 0 saturated carbocycles. The molecular weight excluding hydrogens is 492 g/mol. The van der Waals surface area contributed by atoms with E-state index in [2.05, 4.69) is 32.6 Å². The summed E-state index contributed by atoms with van der Waals surface area (Å²) >= 11 is 0. The molecule has 0 aliphatic carbocycles. The Morgan fingerprint density at radius 2 is 1.62 bits per heavy atom. The first-order chi connectivity index (χ1) is 19.1. The van der Waals surface area contributed by atoms with Crippen molar-refractivity contribution >= 4 is 6.03 Å². The maximum atomic E-state index is 11.8. The highest BCUT2D eigenvalue weighted by Gasteiger charge is 2.36. The molecule has 3 heterocycles. The highest BCUT2D eigenvalue weighted by atomic mass is 16.7. The van der Waals surface area contributed by atoms with Crippen molar-refractivity contribution in [3.8, 4) is 0 Å². The van der Waals surface area contributed by atoms with Crippen LogP contribution in [0, 0.1) is 0 Å². The minimum absolute atomic E-state index is 0.0365. The van der Waals surface area contributed by atoms with E-state index in [-0.39, 0.29) is 24.8 Å².